The van der Waals surface area contributed by atoms with Gasteiger partial charge in [-0.05, 0) is 107 Å². The Morgan fingerprint density at radius 3 is 1.73 bits per heavy atom. The molecule has 0 N–H and O–H groups in total. The molecule has 0 unspecified atom stereocenters. The van der Waals surface area contributed by atoms with Crippen LogP contribution in [-0.2, 0) is 5.41 Å². The van der Waals surface area contributed by atoms with Crippen LogP contribution < -0.4 is 4.90 Å². The average Bonchev–Trinajstić information content (AvgIpc) is 3.87. The summed E-state index contributed by atoms with van der Waals surface area (Å²) in [5, 5.41) is 2.46. The van der Waals surface area contributed by atoms with Gasteiger partial charge in [-0.2, -0.15) is 0 Å². The lowest BCUT2D eigenvalue weighted by molar-refractivity contribution is 0.661. The van der Waals surface area contributed by atoms with Gasteiger partial charge in [0, 0.05) is 50.2 Å². The minimum Gasteiger partial charge on any atom is -0.310 e. The second-order valence-corrected chi connectivity index (χ2v) is 15.3. The summed E-state index contributed by atoms with van der Waals surface area (Å²) in [5.41, 5.74) is 16.1. The topological polar surface area (TPSA) is 26.0 Å². The van der Waals surface area contributed by atoms with Crippen molar-refractivity contribution < 1.29 is 0 Å². The van der Waals surface area contributed by atoms with E-state index < -0.39 is 0 Å². The number of anilines is 3. The first-order valence-electron chi connectivity index (χ1n) is 19.3. The van der Waals surface area contributed by atoms with Gasteiger partial charge in [-0.25, -0.2) is 4.98 Å². The zero-order chi connectivity index (χ0) is 37.4. The number of fused-ring (bicyclic) bond motifs is 7. The molecule has 0 radical (unpaired) electrons. The van der Waals surface area contributed by atoms with Crippen LogP contribution in [0.1, 0.15) is 25.0 Å². The molecule has 0 saturated heterocycles. The van der Waals surface area contributed by atoms with Crippen molar-refractivity contribution in [2.45, 2.75) is 19.3 Å². The van der Waals surface area contributed by atoms with Gasteiger partial charge in [0.15, 0.2) is 0 Å². The van der Waals surface area contributed by atoms with Crippen LogP contribution in [0.15, 0.2) is 194 Å². The molecule has 2 aromatic heterocycles. The number of imidazole rings is 1. The number of benzene rings is 8. The Kier molecular flexibility index (Phi) is 7.17. The summed E-state index contributed by atoms with van der Waals surface area (Å²) in [5.74, 6) is 0.946. The lowest BCUT2D eigenvalue weighted by Crippen LogP contribution is -2.15. The maximum absolute atomic E-state index is 5.31. The molecule has 0 fully saturated rings. The van der Waals surface area contributed by atoms with Gasteiger partial charge < -0.3 is 9.47 Å². The third-order valence-electron chi connectivity index (χ3n) is 11.7. The van der Waals surface area contributed by atoms with Gasteiger partial charge in [0.25, 0.3) is 0 Å². The Morgan fingerprint density at radius 1 is 0.429 bits per heavy atom. The molecule has 0 amide bonds. The fraction of sp³-hybridized carbons (Fsp3) is 0.0577. The van der Waals surface area contributed by atoms with Crippen molar-refractivity contribution >= 4 is 49.9 Å². The molecule has 1 aliphatic carbocycles. The van der Waals surface area contributed by atoms with E-state index in [9.17, 15) is 0 Å². The quantitative estimate of drug-likeness (QED) is 0.171. The Balaban J connectivity index is 1.12. The molecule has 0 spiro atoms. The van der Waals surface area contributed by atoms with E-state index in [0.29, 0.717) is 0 Å². The maximum atomic E-state index is 5.31. The van der Waals surface area contributed by atoms with Crippen LogP contribution in [-0.4, -0.2) is 14.1 Å². The molecule has 2 heterocycles. The predicted octanol–water partition coefficient (Wildman–Crippen LogP) is 13.6. The number of nitrogens with zero attached hydrogens (tertiary/aromatic N) is 4. The van der Waals surface area contributed by atoms with Gasteiger partial charge in [-0.1, -0.05) is 123 Å². The van der Waals surface area contributed by atoms with E-state index in [1.807, 2.05) is 0 Å². The van der Waals surface area contributed by atoms with Crippen molar-refractivity contribution in [3.63, 3.8) is 0 Å². The number of aromatic nitrogens is 3. The highest BCUT2D eigenvalue weighted by Gasteiger charge is 2.37. The molecule has 4 nitrogen and oxygen atoms in total. The zero-order valence-corrected chi connectivity index (χ0v) is 31.3. The van der Waals surface area contributed by atoms with Gasteiger partial charge in [-0.15, -0.1) is 0 Å². The molecule has 0 bridgehead atoms. The van der Waals surface area contributed by atoms with Crippen molar-refractivity contribution in [3.05, 3.63) is 205 Å². The van der Waals surface area contributed by atoms with Crippen LogP contribution in [0.3, 0.4) is 0 Å². The summed E-state index contributed by atoms with van der Waals surface area (Å²) < 4.78 is 4.69. The summed E-state index contributed by atoms with van der Waals surface area (Å²) in [4.78, 5) is 7.71. The Morgan fingerprint density at radius 2 is 1.00 bits per heavy atom. The predicted molar refractivity (Wildman–Crippen MR) is 233 cm³/mol. The molecule has 1 aliphatic rings. The van der Waals surface area contributed by atoms with Crippen LogP contribution in [0.2, 0.25) is 0 Å². The number of hydrogen-bond donors (Lipinski definition) is 0. The molecule has 0 atom stereocenters. The lowest BCUT2D eigenvalue weighted by atomic mass is 9.82. The second kappa shape index (κ2) is 12.4. The van der Waals surface area contributed by atoms with E-state index in [2.05, 4.69) is 222 Å². The molecule has 8 aromatic carbocycles. The second-order valence-electron chi connectivity index (χ2n) is 15.3. The molecule has 0 saturated carbocycles. The minimum atomic E-state index is -0.198. The normalized spacial score (nSPS) is 13.0. The Labute approximate surface area is 326 Å². The lowest BCUT2D eigenvalue weighted by Gasteiger charge is -2.27. The van der Waals surface area contributed by atoms with E-state index in [1.54, 1.807) is 0 Å². The van der Waals surface area contributed by atoms with Crippen LogP contribution in [0.25, 0.3) is 66.7 Å². The summed E-state index contributed by atoms with van der Waals surface area (Å²) in [7, 11) is 0. The molecule has 56 heavy (non-hydrogen) atoms. The van der Waals surface area contributed by atoms with Crippen LogP contribution in [0.4, 0.5) is 17.1 Å². The highest BCUT2D eigenvalue weighted by Crippen LogP contribution is 2.52. The van der Waals surface area contributed by atoms with E-state index in [0.717, 1.165) is 50.9 Å². The van der Waals surface area contributed by atoms with E-state index >= 15 is 0 Å². The Hall–Kier alpha value is -7.17. The van der Waals surface area contributed by atoms with Crippen molar-refractivity contribution in [1.82, 2.24) is 14.1 Å². The van der Waals surface area contributed by atoms with Crippen LogP contribution >= 0.6 is 0 Å². The summed E-state index contributed by atoms with van der Waals surface area (Å²) in [6.07, 6.45) is 0. The molecular weight excluding hydrogens is 681 g/mol. The SMILES string of the molecule is CC1(C)c2ccc(N(c3ccccc3)c3ccc4c(c3)c3ccccc3n4-c3ccccc3)cc2-c2cc3c(cc21)nc(-c1ccccc1)n3-c1ccccc1. The summed E-state index contributed by atoms with van der Waals surface area (Å²) in [6, 6.07) is 70.0. The highest BCUT2D eigenvalue weighted by atomic mass is 15.1. The first-order valence-corrected chi connectivity index (χ1v) is 19.3. The molecule has 0 aliphatic heterocycles. The van der Waals surface area contributed by atoms with Crippen molar-refractivity contribution in [3.8, 4) is 33.9 Å². The summed E-state index contributed by atoms with van der Waals surface area (Å²) >= 11 is 0. The largest absolute Gasteiger partial charge is 0.310 e. The van der Waals surface area contributed by atoms with Gasteiger partial charge in [0.05, 0.1) is 22.1 Å². The van der Waals surface area contributed by atoms with Crippen LogP contribution in [0.5, 0.6) is 0 Å². The van der Waals surface area contributed by atoms with Gasteiger partial charge >= 0.3 is 0 Å². The van der Waals surface area contributed by atoms with Gasteiger partial charge in [0.1, 0.15) is 5.82 Å². The molecular formula is C52H38N4. The molecule has 4 heteroatoms. The monoisotopic (exact) mass is 718 g/mol. The number of hydrogen-bond acceptors (Lipinski definition) is 2. The van der Waals surface area contributed by atoms with Crippen molar-refractivity contribution in [2.75, 3.05) is 4.90 Å². The van der Waals surface area contributed by atoms with Crippen LogP contribution in [0, 0.1) is 0 Å². The standard InChI is InChI=1S/C52H38N4/c1-52(2)45-29-27-39(31-42(45)43-33-50-47(34-46(43)52)53-51(35-17-7-3-8-18-35)56(50)38-23-13-6-14-24-38)54(36-19-9-4-10-20-36)40-28-30-49-44(32-40)41-25-15-16-26-48(41)55(49)37-21-11-5-12-22-37/h3-34H,1-2H3. The smallest absolute Gasteiger partial charge is 0.145 e. The first kappa shape index (κ1) is 32.3. The zero-order valence-electron chi connectivity index (χ0n) is 31.3. The maximum Gasteiger partial charge on any atom is 0.145 e. The summed E-state index contributed by atoms with van der Waals surface area (Å²) in [6.45, 7) is 4.70. The highest BCUT2D eigenvalue weighted by molar-refractivity contribution is 6.10. The number of para-hydroxylation sites is 4. The third-order valence-corrected chi connectivity index (χ3v) is 11.7. The van der Waals surface area contributed by atoms with E-state index in [4.69, 9.17) is 4.98 Å². The Bertz CT molecular complexity index is 3090. The fourth-order valence-electron chi connectivity index (χ4n) is 9.05. The number of rotatable bonds is 6. The van der Waals surface area contributed by atoms with Gasteiger partial charge in [0.2, 0.25) is 0 Å². The van der Waals surface area contributed by atoms with Crippen molar-refractivity contribution in [2.24, 2.45) is 0 Å². The third kappa shape index (κ3) is 4.89. The first-order chi connectivity index (χ1) is 27.5. The van der Waals surface area contributed by atoms with E-state index in [-0.39, 0.29) is 5.41 Å². The minimum absolute atomic E-state index is 0.198. The fourth-order valence-corrected chi connectivity index (χ4v) is 9.05. The van der Waals surface area contributed by atoms with E-state index in [1.165, 1.54) is 44.1 Å². The van der Waals surface area contributed by atoms with Gasteiger partial charge in [-0.3, -0.25) is 4.57 Å². The molecule has 11 rings (SSSR count). The average molecular weight is 719 g/mol. The molecule has 10 aromatic rings. The molecule has 266 valence electrons. The van der Waals surface area contributed by atoms with Crippen molar-refractivity contribution in [1.29, 1.82) is 0 Å².